The first-order valence-electron chi connectivity index (χ1n) is 10.8. The Morgan fingerprint density at radius 2 is 0.879 bits per heavy atom. The monoisotopic (exact) mass is 482 g/mol. The second kappa shape index (κ2) is 13.9. The van der Waals surface area contributed by atoms with Crippen molar-refractivity contribution in [2.75, 3.05) is 80.9 Å². The van der Waals surface area contributed by atoms with E-state index in [4.69, 9.17) is 28.4 Å². The summed E-state index contributed by atoms with van der Waals surface area (Å²) in [7, 11) is 6.53. The van der Waals surface area contributed by atoms with Crippen molar-refractivity contribution in [2.24, 2.45) is 0 Å². The van der Waals surface area contributed by atoms with Gasteiger partial charge in [-0.3, -0.25) is 9.80 Å². The zero-order chi connectivity index (χ0) is 22.8. The molecule has 3 rings (SSSR count). The van der Waals surface area contributed by atoms with Crippen LogP contribution in [0.25, 0.3) is 0 Å². The molecule has 0 unspecified atom stereocenters. The van der Waals surface area contributed by atoms with E-state index in [1.807, 2.05) is 36.4 Å². The number of benzene rings is 2. The van der Waals surface area contributed by atoms with E-state index in [-0.39, 0.29) is 12.4 Å². The number of hydrogen-bond donors (Lipinski definition) is 0. The van der Waals surface area contributed by atoms with Crippen molar-refractivity contribution >= 4 is 12.4 Å². The van der Waals surface area contributed by atoms with Gasteiger partial charge in [0.25, 0.3) is 0 Å². The Kier molecular flexibility index (Phi) is 11.2. The van der Waals surface area contributed by atoms with E-state index in [2.05, 4.69) is 9.80 Å². The van der Waals surface area contributed by atoms with Crippen LogP contribution in [0.15, 0.2) is 36.4 Å². The molecule has 0 atom stereocenters. The van der Waals surface area contributed by atoms with Crippen LogP contribution < -0.4 is 28.4 Å². The molecule has 2 aromatic carbocycles. The SMILES string of the molecule is COc1cccc(OC)c1OCCN1CCN(CCOc2c(OC)cccc2OC)CC1.Cl. The van der Waals surface area contributed by atoms with E-state index in [1.165, 1.54) is 0 Å². The molecule has 184 valence electrons. The maximum Gasteiger partial charge on any atom is 0.203 e. The van der Waals surface area contributed by atoms with Crippen molar-refractivity contribution in [3.05, 3.63) is 36.4 Å². The van der Waals surface area contributed by atoms with Crippen LogP contribution in [-0.2, 0) is 0 Å². The first-order chi connectivity index (χ1) is 15.7. The average molecular weight is 483 g/mol. The van der Waals surface area contributed by atoms with Crippen LogP contribution in [0.3, 0.4) is 0 Å². The van der Waals surface area contributed by atoms with Gasteiger partial charge in [0.05, 0.1) is 28.4 Å². The van der Waals surface area contributed by atoms with Crippen LogP contribution in [-0.4, -0.2) is 90.7 Å². The Bertz CT molecular complexity index is 732. The van der Waals surface area contributed by atoms with E-state index >= 15 is 0 Å². The largest absolute Gasteiger partial charge is 0.493 e. The summed E-state index contributed by atoms with van der Waals surface area (Å²) < 4.78 is 33.5. The summed E-state index contributed by atoms with van der Waals surface area (Å²) in [6.45, 7) is 6.82. The summed E-state index contributed by atoms with van der Waals surface area (Å²) in [5.74, 6) is 4.03. The molecule has 0 aliphatic carbocycles. The maximum atomic E-state index is 5.99. The summed E-state index contributed by atoms with van der Waals surface area (Å²) >= 11 is 0. The molecule has 0 amide bonds. The second-order valence-electron chi connectivity index (χ2n) is 7.36. The van der Waals surface area contributed by atoms with Crippen molar-refractivity contribution < 1.29 is 28.4 Å². The fraction of sp³-hybridized carbons (Fsp3) is 0.500. The highest BCUT2D eigenvalue weighted by Crippen LogP contribution is 2.37. The van der Waals surface area contributed by atoms with Crippen LogP contribution in [0.5, 0.6) is 34.5 Å². The minimum absolute atomic E-state index is 0. The molecule has 1 fully saturated rings. The third kappa shape index (κ3) is 7.22. The van der Waals surface area contributed by atoms with Crippen molar-refractivity contribution in [3.8, 4) is 34.5 Å². The molecule has 0 radical (unpaired) electrons. The Labute approximate surface area is 202 Å². The normalized spacial score (nSPS) is 14.2. The third-order valence-electron chi connectivity index (χ3n) is 5.54. The van der Waals surface area contributed by atoms with Crippen LogP contribution in [0.2, 0.25) is 0 Å². The smallest absolute Gasteiger partial charge is 0.203 e. The predicted octanol–water partition coefficient (Wildman–Crippen LogP) is 3.22. The van der Waals surface area contributed by atoms with E-state index in [0.717, 1.165) is 39.3 Å². The standard InChI is InChI=1S/C24H34N2O6.ClH/c1-27-19-7-5-8-20(28-2)23(19)31-17-15-25-11-13-26(14-12-25)16-18-32-24-21(29-3)9-6-10-22(24)30-4;/h5-10H,11-18H2,1-4H3;1H. The number of methoxy groups -OCH3 is 4. The van der Waals surface area contributed by atoms with Gasteiger partial charge in [-0.15, -0.1) is 12.4 Å². The van der Waals surface area contributed by atoms with Gasteiger partial charge in [-0.25, -0.2) is 0 Å². The molecule has 1 aliphatic rings. The number of hydrogen-bond acceptors (Lipinski definition) is 8. The molecule has 33 heavy (non-hydrogen) atoms. The molecule has 2 aromatic rings. The molecular weight excluding hydrogens is 448 g/mol. The van der Waals surface area contributed by atoms with Gasteiger partial charge in [0.1, 0.15) is 13.2 Å². The Hall–Kier alpha value is -2.55. The predicted molar refractivity (Wildman–Crippen MR) is 130 cm³/mol. The molecule has 0 bridgehead atoms. The molecule has 1 aliphatic heterocycles. The molecule has 0 saturated carbocycles. The van der Waals surface area contributed by atoms with Gasteiger partial charge in [-0.2, -0.15) is 0 Å². The molecule has 0 aromatic heterocycles. The molecule has 1 heterocycles. The number of para-hydroxylation sites is 2. The van der Waals surface area contributed by atoms with Gasteiger partial charge in [0, 0.05) is 39.3 Å². The van der Waals surface area contributed by atoms with Crippen LogP contribution in [0.1, 0.15) is 0 Å². The zero-order valence-electron chi connectivity index (χ0n) is 19.9. The van der Waals surface area contributed by atoms with Crippen LogP contribution >= 0.6 is 12.4 Å². The minimum Gasteiger partial charge on any atom is -0.493 e. The quantitative estimate of drug-likeness (QED) is 0.457. The Morgan fingerprint density at radius 3 is 1.15 bits per heavy atom. The molecule has 0 N–H and O–H groups in total. The van der Waals surface area contributed by atoms with Gasteiger partial charge in [0.15, 0.2) is 23.0 Å². The lowest BCUT2D eigenvalue weighted by atomic mass is 10.3. The van der Waals surface area contributed by atoms with Crippen molar-refractivity contribution in [3.63, 3.8) is 0 Å². The number of piperazine rings is 1. The summed E-state index contributed by atoms with van der Waals surface area (Å²) in [5, 5.41) is 0. The van der Waals surface area contributed by atoms with E-state index < -0.39 is 0 Å². The van der Waals surface area contributed by atoms with Gasteiger partial charge >= 0.3 is 0 Å². The highest BCUT2D eigenvalue weighted by Gasteiger charge is 2.18. The highest BCUT2D eigenvalue weighted by molar-refractivity contribution is 5.85. The number of ether oxygens (including phenoxy) is 6. The summed E-state index contributed by atoms with van der Waals surface area (Å²) in [6, 6.07) is 11.3. The second-order valence-corrected chi connectivity index (χ2v) is 7.36. The third-order valence-corrected chi connectivity index (χ3v) is 5.54. The fourth-order valence-corrected chi connectivity index (χ4v) is 3.71. The van der Waals surface area contributed by atoms with Crippen molar-refractivity contribution in [2.45, 2.75) is 0 Å². The zero-order valence-corrected chi connectivity index (χ0v) is 20.7. The van der Waals surface area contributed by atoms with Crippen molar-refractivity contribution in [1.29, 1.82) is 0 Å². The molecule has 9 heteroatoms. The van der Waals surface area contributed by atoms with Gasteiger partial charge in [-0.1, -0.05) is 12.1 Å². The van der Waals surface area contributed by atoms with Crippen LogP contribution in [0.4, 0.5) is 0 Å². The average Bonchev–Trinajstić information content (AvgIpc) is 2.84. The molecular formula is C24H35ClN2O6. The number of halogens is 1. The summed E-state index contributed by atoms with van der Waals surface area (Å²) in [6.07, 6.45) is 0. The summed E-state index contributed by atoms with van der Waals surface area (Å²) in [4.78, 5) is 4.81. The number of nitrogens with zero attached hydrogens (tertiary/aromatic N) is 2. The highest BCUT2D eigenvalue weighted by atomic mass is 35.5. The van der Waals surface area contributed by atoms with E-state index in [1.54, 1.807) is 28.4 Å². The first kappa shape index (κ1) is 26.7. The minimum atomic E-state index is 0. The van der Waals surface area contributed by atoms with E-state index in [0.29, 0.717) is 47.7 Å². The Morgan fingerprint density at radius 1 is 0.576 bits per heavy atom. The fourth-order valence-electron chi connectivity index (χ4n) is 3.71. The lowest BCUT2D eigenvalue weighted by Gasteiger charge is -2.34. The molecule has 0 spiro atoms. The maximum absolute atomic E-state index is 5.99. The van der Waals surface area contributed by atoms with Gasteiger partial charge < -0.3 is 28.4 Å². The van der Waals surface area contributed by atoms with Crippen LogP contribution in [0, 0.1) is 0 Å². The van der Waals surface area contributed by atoms with E-state index in [9.17, 15) is 0 Å². The first-order valence-corrected chi connectivity index (χ1v) is 10.8. The van der Waals surface area contributed by atoms with Gasteiger partial charge in [0.2, 0.25) is 11.5 Å². The Balaban J connectivity index is 0.00000385. The lowest BCUT2D eigenvalue weighted by molar-refractivity contribution is 0.103. The number of rotatable bonds is 12. The lowest BCUT2D eigenvalue weighted by Crippen LogP contribution is -2.48. The van der Waals surface area contributed by atoms with Gasteiger partial charge in [-0.05, 0) is 24.3 Å². The molecule has 1 saturated heterocycles. The topological polar surface area (TPSA) is 61.9 Å². The van der Waals surface area contributed by atoms with Crippen molar-refractivity contribution in [1.82, 2.24) is 9.80 Å². The molecule has 8 nitrogen and oxygen atoms in total. The summed E-state index contributed by atoms with van der Waals surface area (Å²) in [5.41, 5.74) is 0.